The van der Waals surface area contributed by atoms with Gasteiger partial charge in [0.25, 0.3) is 5.91 Å². The van der Waals surface area contributed by atoms with Crippen LogP contribution in [0.4, 0.5) is 5.82 Å². The Morgan fingerprint density at radius 1 is 1.40 bits per heavy atom. The molecular formula is C14H15ClN4O. The maximum absolute atomic E-state index is 12.0. The van der Waals surface area contributed by atoms with E-state index in [1.807, 2.05) is 19.1 Å². The molecule has 0 saturated carbocycles. The molecule has 0 fully saturated rings. The van der Waals surface area contributed by atoms with Gasteiger partial charge in [0.15, 0.2) is 0 Å². The van der Waals surface area contributed by atoms with Crippen LogP contribution in [-0.4, -0.2) is 22.4 Å². The van der Waals surface area contributed by atoms with Crippen LogP contribution in [-0.2, 0) is 6.54 Å². The number of halogens is 1. The number of amides is 1. The van der Waals surface area contributed by atoms with Crippen LogP contribution in [0.2, 0.25) is 5.02 Å². The van der Waals surface area contributed by atoms with Crippen LogP contribution in [0, 0.1) is 0 Å². The number of aromatic nitrogens is 2. The number of nitrogens with one attached hydrogen (secondary N) is 2. The van der Waals surface area contributed by atoms with E-state index in [2.05, 4.69) is 20.6 Å². The van der Waals surface area contributed by atoms with E-state index in [4.69, 9.17) is 11.6 Å². The monoisotopic (exact) mass is 290 g/mol. The fourth-order valence-corrected chi connectivity index (χ4v) is 1.88. The molecule has 0 bridgehead atoms. The fraction of sp³-hybridized carbons (Fsp3) is 0.214. The third-order valence-electron chi connectivity index (χ3n) is 2.62. The summed E-state index contributed by atoms with van der Waals surface area (Å²) in [5, 5.41) is 6.24. The summed E-state index contributed by atoms with van der Waals surface area (Å²) in [6.45, 7) is 3.09. The lowest BCUT2D eigenvalue weighted by Crippen LogP contribution is -2.23. The second kappa shape index (κ2) is 6.86. The van der Waals surface area contributed by atoms with E-state index in [-0.39, 0.29) is 5.91 Å². The number of anilines is 1. The minimum atomic E-state index is -0.216. The Hall–Kier alpha value is -2.14. The van der Waals surface area contributed by atoms with E-state index in [0.29, 0.717) is 22.9 Å². The van der Waals surface area contributed by atoms with Gasteiger partial charge in [-0.25, -0.2) is 4.98 Å². The van der Waals surface area contributed by atoms with Gasteiger partial charge in [0.05, 0.1) is 10.6 Å². The Bertz CT molecular complexity index is 589. The zero-order valence-corrected chi connectivity index (χ0v) is 11.8. The lowest BCUT2D eigenvalue weighted by molar-refractivity contribution is 0.0950. The molecule has 6 heteroatoms. The van der Waals surface area contributed by atoms with E-state index < -0.39 is 0 Å². The standard InChI is InChI=1S/C14H15ClN4O/c1-2-17-13-12(15)6-11(9-18-13)14(20)19-8-10-4-3-5-16-7-10/h3-7,9H,2,8H2,1H3,(H,17,18)(H,19,20). The van der Waals surface area contributed by atoms with Crippen LogP contribution in [0.3, 0.4) is 0 Å². The average Bonchev–Trinajstić information content (AvgIpc) is 2.48. The van der Waals surface area contributed by atoms with E-state index in [1.54, 1.807) is 18.5 Å². The molecule has 0 unspecified atom stereocenters. The third-order valence-corrected chi connectivity index (χ3v) is 2.91. The molecule has 0 aliphatic heterocycles. The van der Waals surface area contributed by atoms with Crippen molar-refractivity contribution in [2.24, 2.45) is 0 Å². The van der Waals surface area contributed by atoms with Crippen molar-refractivity contribution in [3.8, 4) is 0 Å². The van der Waals surface area contributed by atoms with E-state index in [0.717, 1.165) is 12.1 Å². The van der Waals surface area contributed by atoms with Gasteiger partial charge >= 0.3 is 0 Å². The Balaban J connectivity index is 2.00. The Morgan fingerprint density at radius 3 is 2.90 bits per heavy atom. The molecule has 5 nitrogen and oxygen atoms in total. The van der Waals surface area contributed by atoms with Gasteiger partial charge in [-0.3, -0.25) is 9.78 Å². The molecule has 0 radical (unpaired) electrons. The normalized spacial score (nSPS) is 10.1. The summed E-state index contributed by atoms with van der Waals surface area (Å²) in [6.07, 6.45) is 4.90. The van der Waals surface area contributed by atoms with Gasteiger partial charge in [-0.2, -0.15) is 0 Å². The molecule has 104 valence electrons. The topological polar surface area (TPSA) is 66.9 Å². The van der Waals surface area contributed by atoms with Crippen molar-refractivity contribution < 1.29 is 4.79 Å². The predicted molar refractivity (Wildman–Crippen MR) is 78.8 cm³/mol. The molecule has 0 spiro atoms. The molecule has 2 heterocycles. The quantitative estimate of drug-likeness (QED) is 0.888. The summed E-state index contributed by atoms with van der Waals surface area (Å²) in [5.74, 6) is 0.365. The smallest absolute Gasteiger partial charge is 0.253 e. The number of nitrogens with zero attached hydrogens (tertiary/aromatic N) is 2. The summed E-state index contributed by atoms with van der Waals surface area (Å²) >= 11 is 6.05. The van der Waals surface area contributed by atoms with Crippen LogP contribution < -0.4 is 10.6 Å². The first-order chi connectivity index (χ1) is 9.70. The number of rotatable bonds is 5. The lowest BCUT2D eigenvalue weighted by Gasteiger charge is -2.08. The molecule has 2 N–H and O–H groups in total. The molecule has 2 aromatic rings. The van der Waals surface area contributed by atoms with Crippen LogP contribution >= 0.6 is 11.6 Å². The van der Waals surface area contributed by atoms with Gasteiger partial charge in [0.2, 0.25) is 0 Å². The van der Waals surface area contributed by atoms with Crippen molar-refractivity contribution in [2.75, 3.05) is 11.9 Å². The Labute approximate surface area is 122 Å². The number of hydrogen-bond donors (Lipinski definition) is 2. The number of carbonyl (C=O) groups excluding carboxylic acids is 1. The first-order valence-electron chi connectivity index (χ1n) is 6.27. The highest BCUT2D eigenvalue weighted by Crippen LogP contribution is 2.19. The minimum Gasteiger partial charge on any atom is -0.369 e. The average molecular weight is 291 g/mol. The molecule has 0 saturated heterocycles. The first-order valence-corrected chi connectivity index (χ1v) is 6.65. The summed E-state index contributed by atoms with van der Waals surface area (Å²) in [5.41, 5.74) is 1.37. The highest BCUT2D eigenvalue weighted by molar-refractivity contribution is 6.33. The second-order valence-corrected chi connectivity index (χ2v) is 4.54. The maximum atomic E-state index is 12.0. The molecule has 20 heavy (non-hydrogen) atoms. The molecule has 2 aromatic heterocycles. The minimum absolute atomic E-state index is 0.216. The van der Waals surface area contributed by atoms with Crippen molar-refractivity contribution >= 4 is 23.3 Å². The van der Waals surface area contributed by atoms with Gasteiger partial charge in [0, 0.05) is 31.7 Å². The van der Waals surface area contributed by atoms with E-state index in [1.165, 1.54) is 6.20 Å². The maximum Gasteiger partial charge on any atom is 0.253 e. The van der Waals surface area contributed by atoms with Crippen LogP contribution in [0.15, 0.2) is 36.8 Å². The molecule has 0 aliphatic rings. The van der Waals surface area contributed by atoms with Crippen LogP contribution in [0.5, 0.6) is 0 Å². The van der Waals surface area contributed by atoms with E-state index in [9.17, 15) is 4.79 Å². The number of pyridine rings is 2. The van der Waals surface area contributed by atoms with E-state index >= 15 is 0 Å². The lowest BCUT2D eigenvalue weighted by atomic mass is 10.2. The van der Waals surface area contributed by atoms with Gasteiger partial charge in [0.1, 0.15) is 5.82 Å². The fourth-order valence-electron chi connectivity index (χ4n) is 1.65. The molecule has 1 amide bonds. The van der Waals surface area contributed by atoms with Crippen molar-refractivity contribution in [2.45, 2.75) is 13.5 Å². The predicted octanol–water partition coefficient (Wildman–Crippen LogP) is 2.49. The zero-order valence-electron chi connectivity index (χ0n) is 11.1. The van der Waals surface area contributed by atoms with Gasteiger partial charge in [-0.15, -0.1) is 0 Å². The van der Waals surface area contributed by atoms with Gasteiger partial charge in [-0.05, 0) is 24.6 Å². The number of hydrogen-bond acceptors (Lipinski definition) is 4. The van der Waals surface area contributed by atoms with Crippen molar-refractivity contribution in [1.82, 2.24) is 15.3 Å². The Kier molecular flexibility index (Phi) is 4.90. The van der Waals surface area contributed by atoms with Crippen LogP contribution in [0.25, 0.3) is 0 Å². The Morgan fingerprint density at radius 2 is 2.25 bits per heavy atom. The SMILES string of the molecule is CCNc1ncc(C(=O)NCc2cccnc2)cc1Cl. The highest BCUT2D eigenvalue weighted by atomic mass is 35.5. The van der Waals surface area contributed by atoms with Crippen molar-refractivity contribution in [3.05, 3.63) is 52.9 Å². The largest absolute Gasteiger partial charge is 0.369 e. The highest BCUT2D eigenvalue weighted by Gasteiger charge is 2.09. The summed E-state index contributed by atoms with van der Waals surface area (Å²) in [6, 6.07) is 5.32. The summed E-state index contributed by atoms with van der Waals surface area (Å²) in [4.78, 5) is 20.1. The number of carbonyl (C=O) groups is 1. The molecule has 0 aromatic carbocycles. The van der Waals surface area contributed by atoms with Crippen molar-refractivity contribution in [1.29, 1.82) is 0 Å². The summed E-state index contributed by atoms with van der Waals surface area (Å²) < 4.78 is 0. The molecule has 0 atom stereocenters. The van der Waals surface area contributed by atoms with Crippen molar-refractivity contribution in [3.63, 3.8) is 0 Å². The van der Waals surface area contributed by atoms with Gasteiger partial charge in [-0.1, -0.05) is 17.7 Å². The van der Waals surface area contributed by atoms with Crippen LogP contribution in [0.1, 0.15) is 22.8 Å². The molecule has 0 aliphatic carbocycles. The molecule has 2 rings (SSSR count). The first kappa shape index (κ1) is 14.3. The molecular weight excluding hydrogens is 276 g/mol. The summed E-state index contributed by atoms with van der Waals surface area (Å²) in [7, 11) is 0. The zero-order chi connectivity index (χ0) is 14.4. The second-order valence-electron chi connectivity index (χ2n) is 4.13. The third kappa shape index (κ3) is 3.68. The van der Waals surface area contributed by atoms with Gasteiger partial charge < -0.3 is 10.6 Å².